The Labute approximate surface area is 126 Å². The van der Waals surface area contributed by atoms with Gasteiger partial charge in [-0.3, -0.25) is 4.79 Å². The normalized spacial score (nSPS) is 11.6. The number of hydrogen-bond acceptors (Lipinski definition) is 4. The molecule has 0 saturated heterocycles. The van der Waals surface area contributed by atoms with E-state index in [2.05, 4.69) is 11.9 Å². The van der Waals surface area contributed by atoms with Crippen molar-refractivity contribution >= 4 is 5.91 Å². The van der Waals surface area contributed by atoms with Gasteiger partial charge in [-0.05, 0) is 44.5 Å². The molecule has 1 aromatic carbocycles. The summed E-state index contributed by atoms with van der Waals surface area (Å²) in [5, 5.41) is 2.70. The molecule has 1 unspecified atom stereocenters. The lowest BCUT2D eigenvalue weighted by Gasteiger charge is -2.17. The second-order valence-corrected chi connectivity index (χ2v) is 4.55. The number of carbonyl (C=O) groups excluding carboxylic acids is 1. The van der Waals surface area contributed by atoms with E-state index in [-0.39, 0.29) is 5.91 Å². The van der Waals surface area contributed by atoms with Crippen LogP contribution in [0.2, 0.25) is 0 Å². The zero-order chi connectivity index (χ0) is 15.7. The van der Waals surface area contributed by atoms with Crippen LogP contribution in [0.4, 0.5) is 0 Å². The van der Waals surface area contributed by atoms with Crippen LogP contribution in [0.1, 0.15) is 19.4 Å². The van der Waals surface area contributed by atoms with Gasteiger partial charge >= 0.3 is 0 Å². The molecule has 5 heteroatoms. The first kappa shape index (κ1) is 17.0. The fourth-order valence-corrected chi connectivity index (χ4v) is 1.80. The molecule has 0 aliphatic carbocycles. The maximum Gasteiger partial charge on any atom is 0.261 e. The Bertz CT molecular complexity index is 475. The zero-order valence-corrected chi connectivity index (χ0v) is 12.7. The molecule has 0 aliphatic heterocycles. The summed E-state index contributed by atoms with van der Waals surface area (Å²) >= 11 is 0. The highest BCUT2D eigenvalue weighted by Gasteiger charge is 2.16. The molecule has 21 heavy (non-hydrogen) atoms. The highest BCUT2D eigenvalue weighted by atomic mass is 16.5. The largest absolute Gasteiger partial charge is 0.490 e. The van der Waals surface area contributed by atoms with Gasteiger partial charge in [-0.1, -0.05) is 12.1 Å². The molecule has 1 amide bonds. The standard InChI is InChI=1S/C16H24N2O3/c1-4-10-18-16(19)12(3)21-14-7-6-13(8-9-17)11-15(14)20-5-2/h4,6-7,11-12H,1,5,8-10,17H2,2-3H3,(H,18,19). The summed E-state index contributed by atoms with van der Waals surface area (Å²) in [6.07, 6.45) is 1.79. The van der Waals surface area contributed by atoms with Crippen molar-refractivity contribution in [3.05, 3.63) is 36.4 Å². The van der Waals surface area contributed by atoms with Crippen LogP contribution in [0.3, 0.4) is 0 Å². The summed E-state index contributed by atoms with van der Waals surface area (Å²) in [5.74, 6) is 0.995. The number of nitrogens with one attached hydrogen (secondary N) is 1. The third-order valence-electron chi connectivity index (χ3n) is 2.83. The minimum Gasteiger partial charge on any atom is -0.490 e. The smallest absolute Gasteiger partial charge is 0.261 e. The molecule has 0 fully saturated rings. The molecule has 0 spiro atoms. The molecule has 0 bridgehead atoms. The molecule has 0 radical (unpaired) electrons. The molecular formula is C16H24N2O3. The van der Waals surface area contributed by atoms with Crippen LogP contribution in [0, 0.1) is 0 Å². The molecule has 0 aromatic heterocycles. The van der Waals surface area contributed by atoms with E-state index in [1.807, 2.05) is 25.1 Å². The van der Waals surface area contributed by atoms with Crippen molar-refractivity contribution in [1.29, 1.82) is 0 Å². The Morgan fingerprint density at radius 1 is 1.48 bits per heavy atom. The van der Waals surface area contributed by atoms with Crippen molar-refractivity contribution in [1.82, 2.24) is 5.32 Å². The molecule has 3 N–H and O–H groups in total. The third kappa shape index (κ3) is 5.47. The Hall–Kier alpha value is -2.01. The summed E-state index contributed by atoms with van der Waals surface area (Å²) in [6.45, 7) is 8.67. The molecule has 1 atom stereocenters. The molecule has 116 valence electrons. The Kier molecular flexibility index (Phi) is 7.32. The second-order valence-electron chi connectivity index (χ2n) is 4.55. The Morgan fingerprint density at radius 2 is 2.24 bits per heavy atom. The van der Waals surface area contributed by atoms with Crippen LogP contribution in [-0.4, -0.2) is 31.7 Å². The minimum absolute atomic E-state index is 0.191. The average molecular weight is 292 g/mol. The predicted molar refractivity (Wildman–Crippen MR) is 83.7 cm³/mol. The van der Waals surface area contributed by atoms with Gasteiger partial charge in [0.2, 0.25) is 0 Å². The average Bonchev–Trinajstić information content (AvgIpc) is 2.47. The van der Waals surface area contributed by atoms with Gasteiger partial charge in [-0.15, -0.1) is 6.58 Å². The maximum absolute atomic E-state index is 11.8. The van der Waals surface area contributed by atoms with Gasteiger partial charge in [-0.2, -0.15) is 0 Å². The fourth-order valence-electron chi connectivity index (χ4n) is 1.80. The zero-order valence-electron chi connectivity index (χ0n) is 12.7. The van der Waals surface area contributed by atoms with Gasteiger partial charge in [0.1, 0.15) is 0 Å². The monoisotopic (exact) mass is 292 g/mol. The minimum atomic E-state index is -0.607. The predicted octanol–water partition coefficient (Wildman–Crippen LogP) is 1.66. The van der Waals surface area contributed by atoms with Crippen LogP contribution in [0.15, 0.2) is 30.9 Å². The summed E-state index contributed by atoms with van der Waals surface area (Å²) in [6, 6.07) is 5.65. The van der Waals surface area contributed by atoms with Gasteiger partial charge in [-0.25, -0.2) is 0 Å². The van der Waals surface area contributed by atoms with E-state index in [0.717, 1.165) is 12.0 Å². The first-order chi connectivity index (χ1) is 10.1. The van der Waals surface area contributed by atoms with Crippen molar-refractivity contribution in [3.63, 3.8) is 0 Å². The molecule has 0 heterocycles. The number of rotatable bonds is 9. The third-order valence-corrected chi connectivity index (χ3v) is 2.83. The van der Waals surface area contributed by atoms with Crippen molar-refractivity contribution in [2.45, 2.75) is 26.4 Å². The lowest BCUT2D eigenvalue weighted by molar-refractivity contribution is -0.127. The molecule has 1 rings (SSSR count). The van der Waals surface area contributed by atoms with E-state index < -0.39 is 6.10 Å². The van der Waals surface area contributed by atoms with Crippen LogP contribution in [0.25, 0.3) is 0 Å². The van der Waals surface area contributed by atoms with Crippen molar-refractivity contribution in [2.75, 3.05) is 19.7 Å². The van der Waals surface area contributed by atoms with Crippen molar-refractivity contribution in [3.8, 4) is 11.5 Å². The summed E-state index contributed by atoms with van der Waals surface area (Å²) in [5.41, 5.74) is 6.64. The van der Waals surface area contributed by atoms with E-state index in [4.69, 9.17) is 15.2 Å². The summed E-state index contributed by atoms with van der Waals surface area (Å²) in [4.78, 5) is 11.8. The second kappa shape index (κ2) is 9.02. The summed E-state index contributed by atoms with van der Waals surface area (Å²) in [7, 11) is 0. The van der Waals surface area contributed by atoms with E-state index >= 15 is 0 Å². The van der Waals surface area contributed by atoms with Gasteiger partial charge < -0.3 is 20.5 Å². The van der Waals surface area contributed by atoms with E-state index in [0.29, 0.717) is 31.2 Å². The Balaban J connectivity index is 2.80. The fraction of sp³-hybridized carbons (Fsp3) is 0.438. The lowest BCUT2D eigenvalue weighted by Crippen LogP contribution is -2.36. The molecule has 0 saturated carbocycles. The molecule has 0 aliphatic rings. The molecular weight excluding hydrogens is 268 g/mol. The number of benzene rings is 1. The van der Waals surface area contributed by atoms with Gasteiger partial charge in [0.25, 0.3) is 5.91 Å². The number of carbonyl (C=O) groups is 1. The topological polar surface area (TPSA) is 73.6 Å². The Morgan fingerprint density at radius 3 is 2.86 bits per heavy atom. The molecule has 1 aromatic rings. The lowest BCUT2D eigenvalue weighted by atomic mass is 10.1. The van der Waals surface area contributed by atoms with Crippen LogP contribution in [0.5, 0.6) is 11.5 Å². The van der Waals surface area contributed by atoms with Crippen molar-refractivity contribution in [2.24, 2.45) is 5.73 Å². The van der Waals surface area contributed by atoms with Crippen molar-refractivity contribution < 1.29 is 14.3 Å². The van der Waals surface area contributed by atoms with E-state index in [9.17, 15) is 4.79 Å². The van der Waals surface area contributed by atoms with E-state index in [1.165, 1.54) is 0 Å². The highest BCUT2D eigenvalue weighted by Crippen LogP contribution is 2.29. The summed E-state index contributed by atoms with van der Waals surface area (Å²) < 4.78 is 11.3. The van der Waals surface area contributed by atoms with Crippen LogP contribution >= 0.6 is 0 Å². The highest BCUT2D eigenvalue weighted by molar-refractivity contribution is 5.80. The number of nitrogens with two attached hydrogens (primary N) is 1. The first-order valence-electron chi connectivity index (χ1n) is 7.13. The van der Waals surface area contributed by atoms with Crippen LogP contribution in [-0.2, 0) is 11.2 Å². The number of ether oxygens (including phenoxy) is 2. The SMILES string of the molecule is C=CCNC(=O)C(C)Oc1ccc(CCN)cc1OCC. The van der Waals surface area contributed by atoms with Gasteiger partial charge in [0.15, 0.2) is 17.6 Å². The maximum atomic E-state index is 11.8. The number of hydrogen-bond donors (Lipinski definition) is 2. The number of amides is 1. The molecule has 5 nitrogen and oxygen atoms in total. The quantitative estimate of drug-likeness (QED) is 0.679. The first-order valence-corrected chi connectivity index (χ1v) is 7.13. The van der Waals surface area contributed by atoms with Gasteiger partial charge in [0.05, 0.1) is 6.61 Å². The van der Waals surface area contributed by atoms with E-state index in [1.54, 1.807) is 13.0 Å². The van der Waals surface area contributed by atoms with Gasteiger partial charge in [0, 0.05) is 6.54 Å². The van der Waals surface area contributed by atoms with Crippen LogP contribution < -0.4 is 20.5 Å².